The summed E-state index contributed by atoms with van der Waals surface area (Å²) < 4.78 is -2.49. The highest BCUT2D eigenvalue weighted by molar-refractivity contribution is 9.73. The second kappa shape index (κ2) is 5.60. The molecule has 0 aromatic heterocycles. The van der Waals surface area contributed by atoms with E-state index in [0.717, 1.165) is 5.33 Å². The van der Waals surface area contributed by atoms with Gasteiger partial charge < -0.3 is 0 Å². The van der Waals surface area contributed by atoms with Crippen molar-refractivity contribution in [1.29, 1.82) is 0 Å². The maximum atomic E-state index is 3.60. The van der Waals surface area contributed by atoms with Crippen molar-refractivity contribution in [3.05, 3.63) is 0 Å². The second-order valence-electron chi connectivity index (χ2n) is 1.91. The van der Waals surface area contributed by atoms with Crippen LogP contribution in [0.2, 0.25) is 0 Å². The summed E-state index contributed by atoms with van der Waals surface area (Å²) in [5, 5.41) is 0.744. The van der Waals surface area contributed by atoms with Gasteiger partial charge in [0.05, 0.1) is 0 Å². The average Bonchev–Trinajstić information content (AvgIpc) is 1.85. The van der Waals surface area contributed by atoms with Crippen molar-refractivity contribution in [2.75, 3.05) is 5.33 Å². The smallest absolute Gasteiger partial charge is 0.0940 e. The van der Waals surface area contributed by atoms with Crippen LogP contribution in [-0.2, 0) is 0 Å². The molecule has 0 saturated heterocycles. The Kier molecular flexibility index (Phi) is 7.49. The van der Waals surface area contributed by atoms with Crippen LogP contribution in [0.15, 0.2) is 0 Å². The molecule has 0 aromatic carbocycles. The Morgan fingerprint density at radius 2 is 1.25 bits per heavy atom. The third-order valence-electron chi connectivity index (χ3n) is 0.983. The Morgan fingerprint density at radius 1 is 0.917 bits per heavy atom. The van der Waals surface area contributed by atoms with Crippen LogP contribution in [0.1, 0.15) is 0 Å². The van der Waals surface area contributed by atoms with E-state index in [9.17, 15) is 0 Å². The van der Waals surface area contributed by atoms with E-state index in [4.69, 9.17) is 0 Å². The van der Waals surface area contributed by atoms with Gasteiger partial charge in [-0.25, -0.2) is 0 Å². The van der Waals surface area contributed by atoms with Crippen LogP contribution in [0, 0.1) is 0 Å². The van der Waals surface area contributed by atoms with Crippen LogP contribution in [-0.4, -0.2) is 15.4 Å². The molecule has 0 unspecified atom stereocenters. The molecule has 0 amide bonds. The highest BCUT2D eigenvalue weighted by atomic mass is 80.0. The van der Waals surface area contributed by atoms with Gasteiger partial charge in [0.15, 0.2) is 0 Å². The first-order valence-electron chi connectivity index (χ1n) is 2.44. The summed E-state index contributed by atoms with van der Waals surface area (Å²) >= 11 is 28.4. The lowest BCUT2D eigenvalue weighted by Gasteiger charge is -2.37. The molecule has 0 fully saturated rings. The molecule has 0 aliphatic heterocycles. The van der Waals surface area contributed by atoms with Gasteiger partial charge in [0, 0.05) is 5.33 Å². The first-order chi connectivity index (χ1) is 5.06. The molecule has 12 heavy (non-hydrogen) atoms. The van der Waals surface area contributed by atoms with Gasteiger partial charge in [0.25, 0.3) is 3.93 Å². The number of hydrogen-bond acceptors (Lipinski definition) is 0. The summed E-state index contributed by atoms with van der Waals surface area (Å²) in [5.41, 5.74) is 0. The van der Waals surface area contributed by atoms with Gasteiger partial charge in [0.1, 0.15) is 6.09 Å². The van der Waals surface area contributed by atoms with E-state index in [1.807, 2.05) is 0 Å². The van der Waals surface area contributed by atoms with Gasteiger partial charge in [-0.15, -0.1) is 0 Å². The van der Waals surface area contributed by atoms with Crippen LogP contribution in [0.5, 0.6) is 0 Å². The standard InChI is InChI=1S/C3H2Br8Si/c4-1-2(5,6)3(7,8)12(9,10)11/h1H2. The van der Waals surface area contributed by atoms with Crippen molar-refractivity contribution < 1.29 is 0 Å². The van der Waals surface area contributed by atoms with E-state index in [2.05, 4.69) is 126 Å². The van der Waals surface area contributed by atoms with Gasteiger partial charge in [-0.3, -0.25) is 0 Å². The summed E-state index contributed by atoms with van der Waals surface area (Å²) in [5.74, 6) is 0. The molecular weight excluding hydrogens is 703 g/mol. The van der Waals surface area contributed by atoms with Crippen LogP contribution in [0.3, 0.4) is 0 Å². The second-order valence-corrected chi connectivity index (χ2v) is 33.2. The van der Waals surface area contributed by atoms with Crippen LogP contribution in [0.25, 0.3) is 0 Å². The van der Waals surface area contributed by atoms with Crippen molar-refractivity contribution in [3.63, 3.8) is 0 Å². The molecule has 0 nitrogen and oxygen atoms in total. The lowest BCUT2D eigenvalue weighted by Crippen LogP contribution is -2.48. The third-order valence-corrected chi connectivity index (χ3v) is 28.9. The van der Waals surface area contributed by atoms with Crippen LogP contribution < -0.4 is 0 Å². The minimum Gasteiger partial charge on any atom is -0.0940 e. The number of hydrogen-bond donors (Lipinski definition) is 0. The first-order valence-corrected chi connectivity index (χ1v) is 15.5. The van der Waals surface area contributed by atoms with Gasteiger partial charge in [-0.2, -0.15) is 0 Å². The lowest BCUT2D eigenvalue weighted by atomic mass is 10.6. The summed E-state index contributed by atoms with van der Waals surface area (Å²) in [7, 11) is 0. The van der Waals surface area contributed by atoms with Gasteiger partial charge in [-0.1, -0.05) is 126 Å². The summed E-state index contributed by atoms with van der Waals surface area (Å²) in [4.78, 5) is 0. The largest absolute Gasteiger partial charge is 0.295 e. The summed E-state index contributed by atoms with van der Waals surface area (Å²) in [6.45, 7) is 0. The molecule has 0 spiro atoms. The SMILES string of the molecule is BrCC(Br)(Br)C(Br)(Br)[Si](Br)(Br)Br. The molecule has 0 rings (SSSR count). The molecule has 0 heterocycles. The Morgan fingerprint density at radius 3 is 1.33 bits per heavy atom. The van der Waals surface area contributed by atoms with E-state index in [-0.39, 0.29) is 6.09 Å². The van der Waals surface area contributed by atoms with Gasteiger partial charge in [0.2, 0.25) is 0 Å². The molecule has 0 N–H and O–H groups in total. The van der Waals surface area contributed by atoms with Crippen molar-refractivity contribution in [2.45, 2.75) is 6.09 Å². The summed E-state index contributed by atoms with van der Waals surface area (Å²) in [6, 6.07) is 0. The highest BCUT2D eigenvalue weighted by Gasteiger charge is 2.57. The normalized spacial score (nSPS) is 15.0. The van der Waals surface area contributed by atoms with E-state index in [1.165, 1.54) is 0 Å². The molecule has 0 bridgehead atoms. The zero-order valence-corrected chi connectivity index (χ0v) is 18.9. The maximum Gasteiger partial charge on any atom is 0.295 e. The van der Waals surface area contributed by atoms with Crippen LogP contribution >= 0.6 is 126 Å². The van der Waals surface area contributed by atoms with Crippen molar-refractivity contribution in [3.8, 4) is 0 Å². The van der Waals surface area contributed by atoms with E-state index in [0.29, 0.717) is 0 Å². The molecule has 0 radical (unpaired) electrons. The Balaban J connectivity index is 4.85. The lowest BCUT2D eigenvalue weighted by molar-refractivity contribution is 1.03. The number of alkyl halides is 5. The monoisotopic (exact) mass is 697 g/mol. The fraction of sp³-hybridized carbons (Fsp3) is 1.00. The molecule has 0 aliphatic carbocycles. The van der Waals surface area contributed by atoms with E-state index < -0.39 is 3.93 Å². The first kappa shape index (κ1) is 16.1. The zero-order chi connectivity index (χ0) is 10.2. The fourth-order valence-electron chi connectivity index (χ4n) is 0.291. The molecular formula is C3H2Br8Si. The van der Waals surface area contributed by atoms with Crippen LogP contribution in [0.4, 0.5) is 0 Å². The molecule has 0 atom stereocenters. The minimum atomic E-state index is -1.89. The predicted octanol–water partition coefficient (Wildman–Crippen LogP) is 6.02. The number of halogens is 8. The molecule has 9 heteroatoms. The van der Waals surface area contributed by atoms with Crippen molar-refractivity contribution in [2.24, 2.45) is 0 Å². The predicted molar refractivity (Wildman–Crippen MR) is 87.5 cm³/mol. The Labute approximate surface area is 138 Å². The van der Waals surface area contributed by atoms with Gasteiger partial charge in [-0.05, 0) is 0 Å². The fourth-order valence-corrected chi connectivity index (χ4v) is 12.1. The highest BCUT2D eigenvalue weighted by Crippen LogP contribution is 2.59. The van der Waals surface area contributed by atoms with Crippen molar-refractivity contribution in [1.82, 2.24) is 0 Å². The quantitative estimate of drug-likeness (QED) is 0.192. The summed E-state index contributed by atoms with van der Waals surface area (Å²) in [6.07, 6.45) is 0. The van der Waals surface area contributed by atoms with E-state index >= 15 is 0 Å². The topological polar surface area (TPSA) is 0 Å². The molecule has 74 valence electrons. The van der Waals surface area contributed by atoms with Crippen molar-refractivity contribution >= 4 is 129 Å². The Hall–Kier alpha value is 4.06. The molecule has 0 aromatic rings. The Bertz CT molecular complexity index is 158. The maximum absolute atomic E-state index is 3.60. The average molecular weight is 705 g/mol. The van der Waals surface area contributed by atoms with Gasteiger partial charge >= 0.3 is 0 Å². The zero-order valence-electron chi connectivity index (χ0n) is 5.23. The van der Waals surface area contributed by atoms with E-state index in [1.54, 1.807) is 0 Å². The number of rotatable bonds is 3. The minimum absolute atomic E-state index is 0.282. The molecule has 0 saturated carbocycles. The third kappa shape index (κ3) is 3.82. The molecule has 0 aliphatic rings.